The normalized spacial score (nSPS) is 17.0. The van der Waals surface area contributed by atoms with Crippen LogP contribution in [0.15, 0.2) is 28.4 Å². The molecule has 0 radical (unpaired) electrons. The molecule has 0 bridgehead atoms. The van der Waals surface area contributed by atoms with E-state index in [0.29, 0.717) is 5.41 Å². The summed E-state index contributed by atoms with van der Waals surface area (Å²) in [4.78, 5) is 2.50. The third-order valence-corrected chi connectivity index (χ3v) is 4.20. The molecule has 1 aromatic heterocycles. The summed E-state index contributed by atoms with van der Waals surface area (Å²) in [5.41, 5.74) is 3.23. The number of rotatable bonds is 6. The molecule has 118 valence electrons. The molecular formula is C18H30N2O. The van der Waals surface area contributed by atoms with Crippen LogP contribution in [0.1, 0.15) is 51.9 Å². The smallest absolute Gasteiger partial charge is 0.122 e. The van der Waals surface area contributed by atoms with E-state index in [-0.39, 0.29) is 0 Å². The zero-order valence-corrected chi connectivity index (χ0v) is 14.0. The van der Waals surface area contributed by atoms with Crippen LogP contribution >= 0.6 is 0 Å². The minimum atomic E-state index is 0.316. The van der Waals surface area contributed by atoms with Crippen LogP contribution in [-0.2, 0) is 13.1 Å². The highest BCUT2D eigenvalue weighted by molar-refractivity contribution is 5.19. The van der Waals surface area contributed by atoms with Crippen LogP contribution in [0.2, 0.25) is 0 Å². The van der Waals surface area contributed by atoms with Crippen molar-refractivity contribution >= 4 is 0 Å². The van der Waals surface area contributed by atoms with Crippen LogP contribution in [0.4, 0.5) is 0 Å². The maximum absolute atomic E-state index is 5.62. The lowest BCUT2D eigenvalue weighted by Gasteiger charge is -2.32. The van der Waals surface area contributed by atoms with Crippen molar-refractivity contribution in [3.8, 4) is 0 Å². The van der Waals surface area contributed by atoms with E-state index >= 15 is 0 Å². The van der Waals surface area contributed by atoms with Gasteiger partial charge in [-0.05, 0) is 30.9 Å². The van der Waals surface area contributed by atoms with Crippen LogP contribution in [0.3, 0.4) is 0 Å². The molecule has 1 aliphatic rings. The topological polar surface area (TPSA) is 28.4 Å². The molecule has 0 unspecified atom stereocenters. The van der Waals surface area contributed by atoms with Gasteiger partial charge in [-0.15, -0.1) is 0 Å². The van der Waals surface area contributed by atoms with E-state index in [1.54, 1.807) is 5.57 Å². The van der Waals surface area contributed by atoms with Crippen LogP contribution in [0.25, 0.3) is 0 Å². The van der Waals surface area contributed by atoms with Gasteiger partial charge in [0.1, 0.15) is 5.76 Å². The van der Waals surface area contributed by atoms with Gasteiger partial charge >= 0.3 is 0 Å². The third-order valence-electron chi connectivity index (χ3n) is 4.20. The van der Waals surface area contributed by atoms with Gasteiger partial charge in [0.15, 0.2) is 0 Å². The highest BCUT2D eigenvalue weighted by Gasteiger charge is 2.21. The number of hydrogen-bond donors (Lipinski definition) is 1. The summed E-state index contributed by atoms with van der Waals surface area (Å²) in [6.45, 7) is 14.2. The molecule has 1 aliphatic heterocycles. The van der Waals surface area contributed by atoms with E-state index in [9.17, 15) is 0 Å². The second kappa shape index (κ2) is 7.28. The van der Waals surface area contributed by atoms with Crippen molar-refractivity contribution in [3.05, 3.63) is 35.3 Å². The van der Waals surface area contributed by atoms with Crippen molar-refractivity contribution in [2.24, 2.45) is 5.41 Å². The second-order valence-corrected chi connectivity index (χ2v) is 7.01. The summed E-state index contributed by atoms with van der Waals surface area (Å²) >= 11 is 0. The van der Waals surface area contributed by atoms with Crippen molar-refractivity contribution in [1.82, 2.24) is 10.2 Å². The Balaban J connectivity index is 1.89. The second-order valence-electron chi connectivity index (χ2n) is 7.01. The minimum Gasteiger partial charge on any atom is -0.468 e. The SMILES string of the molecule is CCCNCc1occc1CN1CC=C(C(C)(C)C)CC1. The van der Waals surface area contributed by atoms with Crippen molar-refractivity contribution in [2.75, 3.05) is 19.6 Å². The Hall–Kier alpha value is -1.06. The van der Waals surface area contributed by atoms with Gasteiger partial charge in [0, 0.05) is 25.2 Å². The van der Waals surface area contributed by atoms with Crippen LogP contribution < -0.4 is 5.32 Å². The lowest BCUT2D eigenvalue weighted by Crippen LogP contribution is -2.31. The van der Waals surface area contributed by atoms with Gasteiger partial charge in [-0.2, -0.15) is 0 Å². The fourth-order valence-corrected chi connectivity index (χ4v) is 2.82. The summed E-state index contributed by atoms with van der Waals surface area (Å²) in [7, 11) is 0. The Morgan fingerprint density at radius 3 is 2.76 bits per heavy atom. The van der Waals surface area contributed by atoms with Crippen LogP contribution in [-0.4, -0.2) is 24.5 Å². The van der Waals surface area contributed by atoms with E-state index in [2.05, 4.69) is 50.1 Å². The highest BCUT2D eigenvalue weighted by atomic mass is 16.3. The summed E-state index contributed by atoms with van der Waals surface area (Å²) in [5.74, 6) is 1.09. The standard InChI is InChI=1S/C18H30N2O/c1-5-9-19-13-17-15(8-12-21-17)14-20-10-6-16(7-11-20)18(2,3)4/h6,8,12,19H,5,7,9-11,13-14H2,1-4H3. The molecule has 0 spiro atoms. The maximum Gasteiger partial charge on any atom is 0.122 e. The van der Waals surface area contributed by atoms with E-state index < -0.39 is 0 Å². The zero-order chi connectivity index (χ0) is 15.3. The van der Waals surface area contributed by atoms with E-state index in [0.717, 1.165) is 44.9 Å². The first-order valence-electron chi connectivity index (χ1n) is 8.18. The molecule has 0 aromatic carbocycles. The molecule has 0 saturated carbocycles. The zero-order valence-electron chi connectivity index (χ0n) is 14.0. The van der Waals surface area contributed by atoms with Gasteiger partial charge in [0.05, 0.1) is 12.8 Å². The number of nitrogens with zero attached hydrogens (tertiary/aromatic N) is 1. The first-order valence-corrected chi connectivity index (χ1v) is 8.18. The van der Waals surface area contributed by atoms with E-state index in [1.807, 2.05) is 6.26 Å². The summed E-state index contributed by atoms with van der Waals surface area (Å²) in [6.07, 6.45) is 6.57. The van der Waals surface area contributed by atoms with E-state index in [1.165, 1.54) is 12.0 Å². The monoisotopic (exact) mass is 290 g/mol. The Bertz CT molecular complexity index is 468. The van der Waals surface area contributed by atoms with Gasteiger partial charge in [-0.3, -0.25) is 4.90 Å². The van der Waals surface area contributed by atoms with Gasteiger partial charge in [0.25, 0.3) is 0 Å². The molecule has 3 heteroatoms. The van der Waals surface area contributed by atoms with Crippen LogP contribution in [0.5, 0.6) is 0 Å². The first kappa shape index (κ1) is 16.3. The Kier molecular flexibility index (Phi) is 5.65. The molecular weight excluding hydrogens is 260 g/mol. The molecule has 2 rings (SSSR count). The minimum absolute atomic E-state index is 0.316. The largest absolute Gasteiger partial charge is 0.468 e. The summed E-state index contributed by atoms with van der Waals surface area (Å²) in [5, 5.41) is 3.42. The molecule has 1 aromatic rings. The number of furan rings is 1. The van der Waals surface area contributed by atoms with Crippen molar-refractivity contribution in [3.63, 3.8) is 0 Å². The fraction of sp³-hybridized carbons (Fsp3) is 0.667. The molecule has 21 heavy (non-hydrogen) atoms. The first-order chi connectivity index (χ1) is 10.0. The lowest BCUT2D eigenvalue weighted by molar-refractivity contribution is 0.269. The Morgan fingerprint density at radius 2 is 2.14 bits per heavy atom. The van der Waals surface area contributed by atoms with E-state index in [4.69, 9.17) is 4.42 Å². The number of nitrogens with one attached hydrogen (secondary N) is 1. The molecule has 1 N–H and O–H groups in total. The van der Waals surface area contributed by atoms with Crippen molar-refractivity contribution in [1.29, 1.82) is 0 Å². The summed E-state index contributed by atoms with van der Waals surface area (Å²) in [6, 6.07) is 2.12. The molecule has 0 saturated heterocycles. The highest BCUT2D eigenvalue weighted by Crippen LogP contribution is 2.30. The van der Waals surface area contributed by atoms with Gasteiger partial charge in [-0.25, -0.2) is 0 Å². The molecule has 0 amide bonds. The molecule has 0 fully saturated rings. The summed E-state index contributed by atoms with van der Waals surface area (Å²) < 4.78 is 5.62. The predicted molar refractivity (Wildman–Crippen MR) is 88.1 cm³/mol. The molecule has 2 heterocycles. The molecule has 0 aliphatic carbocycles. The Labute approximate surface area is 129 Å². The lowest BCUT2D eigenvalue weighted by atomic mass is 9.83. The van der Waals surface area contributed by atoms with Gasteiger partial charge in [0.2, 0.25) is 0 Å². The average Bonchev–Trinajstić information content (AvgIpc) is 2.86. The van der Waals surface area contributed by atoms with Crippen LogP contribution in [0, 0.1) is 5.41 Å². The van der Waals surface area contributed by atoms with Gasteiger partial charge in [-0.1, -0.05) is 39.3 Å². The van der Waals surface area contributed by atoms with Gasteiger partial charge < -0.3 is 9.73 Å². The molecule has 0 atom stereocenters. The van der Waals surface area contributed by atoms with Crippen molar-refractivity contribution in [2.45, 2.75) is 53.6 Å². The quantitative estimate of drug-likeness (QED) is 0.635. The molecule has 3 nitrogen and oxygen atoms in total. The average molecular weight is 290 g/mol. The third kappa shape index (κ3) is 4.72. The maximum atomic E-state index is 5.62. The predicted octanol–water partition coefficient (Wildman–Crippen LogP) is 3.96. The fourth-order valence-electron chi connectivity index (χ4n) is 2.82. The number of hydrogen-bond acceptors (Lipinski definition) is 3. The van der Waals surface area contributed by atoms with Crippen molar-refractivity contribution < 1.29 is 4.42 Å². The Morgan fingerprint density at radius 1 is 1.33 bits per heavy atom.